The second-order valence-electron chi connectivity index (χ2n) is 4.88. The van der Waals surface area contributed by atoms with E-state index in [2.05, 4.69) is 34.8 Å². The molecule has 0 amide bonds. The molecule has 0 unspecified atom stereocenters. The van der Waals surface area contributed by atoms with E-state index in [1.54, 1.807) is 0 Å². The van der Waals surface area contributed by atoms with Crippen LogP contribution < -0.4 is 10.6 Å². The quantitative estimate of drug-likeness (QED) is 0.643. The lowest BCUT2D eigenvalue weighted by Crippen LogP contribution is -2.44. The van der Waals surface area contributed by atoms with Crippen molar-refractivity contribution in [3.05, 3.63) is 42.5 Å². The average Bonchev–Trinajstić information content (AvgIpc) is 2.38. The molecule has 2 rings (SSSR count). The van der Waals surface area contributed by atoms with E-state index < -0.39 is 5.54 Å². The Kier molecular flexibility index (Phi) is 3.73. The third-order valence-electron chi connectivity index (χ3n) is 2.82. The summed E-state index contributed by atoms with van der Waals surface area (Å²) in [6.45, 7) is 3.81. The highest BCUT2D eigenvalue weighted by atomic mass is 32.1. The number of rotatable bonds is 2. The van der Waals surface area contributed by atoms with Crippen molar-refractivity contribution in [3.8, 4) is 12.3 Å². The van der Waals surface area contributed by atoms with Gasteiger partial charge in [-0.15, -0.1) is 6.42 Å². The third-order valence-corrected chi connectivity index (χ3v) is 3.03. The summed E-state index contributed by atoms with van der Waals surface area (Å²) in [7, 11) is 0. The maximum Gasteiger partial charge on any atom is 0.171 e. The summed E-state index contributed by atoms with van der Waals surface area (Å²) in [6.07, 6.45) is 5.44. The lowest BCUT2D eigenvalue weighted by atomic mass is 10.1. The molecule has 19 heavy (non-hydrogen) atoms. The fraction of sp³-hybridized carbons (Fsp3) is 0.188. The Bertz CT molecular complexity index is 648. The van der Waals surface area contributed by atoms with Gasteiger partial charge in [-0.25, -0.2) is 0 Å². The average molecular weight is 268 g/mol. The minimum Gasteiger partial charge on any atom is -0.347 e. The molecule has 3 heteroatoms. The van der Waals surface area contributed by atoms with Gasteiger partial charge in [0, 0.05) is 11.1 Å². The van der Waals surface area contributed by atoms with Crippen molar-refractivity contribution in [1.29, 1.82) is 0 Å². The SMILES string of the molecule is C#CC(C)(C)NC(=S)Nc1cccc2ccccc12. The number of fused-ring (bicyclic) bond motifs is 1. The number of nitrogens with one attached hydrogen (secondary N) is 2. The van der Waals surface area contributed by atoms with Crippen LogP contribution in [0, 0.1) is 12.3 Å². The fourth-order valence-electron chi connectivity index (χ4n) is 1.81. The Balaban J connectivity index is 2.23. The topological polar surface area (TPSA) is 24.1 Å². The van der Waals surface area contributed by atoms with Gasteiger partial charge in [-0.1, -0.05) is 42.3 Å². The molecule has 2 aromatic rings. The molecule has 2 N–H and O–H groups in total. The molecular formula is C16H16N2S. The first kappa shape index (κ1) is 13.4. The van der Waals surface area contributed by atoms with Crippen molar-refractivity contribution < 1.29 is 0 Å². The van der Waals surface area contributed by atoms with Crippen molar-refractivity contribution in [2.75, 3.05) is 5.32 Å². The number of thiocarbonyl (C=S) groups is 1. The van der Waals surface area contributed by atoms with Crippen LogP contribution in [0.5, 0.6) is 0 Å². The number of hydrogen-bond donors (Lipinski definition) is 2. The third kappa shape index (κ3) is 3.24. The lowest BCUT2D eigenvalue weighted by molar-refractivity contribution is 0.604. The first-order chi connectivity index (χ1) is 9.02. The van der Waals surface area contributed by atoms with E-state index in [9.17, 15) is 0 Å². The molecule has 0 aliphatic rings. The molecule has 0 bridgehead atoms. The predicted molar refractivity (Wildman–Crippen MR) is 86.2 cm³/mol. The highest BCUT2D eigenvalue weighted by Gasteiger charge is 2.14. The molecule has 0 spiro atoms. The second-order valence-corrected chi connectivity index (χ2v) is 5.28. The smallest absolute Gasteiger partial charge is 0.171 e. The van der Waals surface area contributed by atoms with Gasteiger partial charge in [-0.3, -0.25) is 0 Å². The summed E-state index contributed by atoms with van der Waals surface area (Å²) in [6, 6.07) is 14.2. The first-order valence-electron chi connectivity index (χ1n) is 6.06. The van der Waals surface area contributed by atoms with Crippen LogP contribution in [0.15, 0.2) is 42.5 Å². The molecule has 0 radical (unpaired) electrons. The van der Waals surface area contributed by atoms with E-state index in [1.807, 2.05) is 38.1 Å². The maximum absolute atomic E-state index is 5.44. The van der Waals surface area contributed by atoms with Gasteiger partial charge in [0.2, 0.25) is 0 Å². The van der Waals surface area contributed by atoms with E-state index in [0.717, 1.165) is 11.1 Å². The Morgan fingerprint density at radius 1 is 1.16 bits per heavy atom. The highest BCUT2D eigenvalue weighted by Crippen LogP contribution is 2.22. The Labute approximate surface area is 119 Å². The van der Waals surface area contributed by atoms with E-state index in [0.29, 0.717) is 5.11 Å². The normalized spacial score (nSPS) is 10.8. The number of benzene rings is 2. The molecule has 0 heterocycles. The Hall–Kier alpha value is -2.05. The van der Waals surface area contributed by atoms with E-state index >= 15 is 0 Å². The van der Waals surface area contributed by atoms with Crippen molar-refractivity contribution in [2.45, 2.75) is 19.4 Å². The molecule has 96 valence electrons. The highest BCUT2D eigenvalue weighted by molar-refractivity contribution is 7.80. The standard InChI is InChI=1S/C16H16N2S/c1-4-16(2,3)18-15(19)17-14-11-7-9-12-8-5-6-10-13(12)14/h1,5-11H,2-3H3,(H2,17,18,19). The molecule has 2 nitrogen and oxygen atoms in total. The van der Waals surface area contributed by atoms with Gasteiger partial charge in [0.05, 0.1) is 5.54 Å². The van der Waals surface area contributed by atoms with Gasteiger partial charge in [-0.05, 0) is 37.5 Å². The molecule has 0 aliphatic carbocycles. The number of anilines is 1. The fourth-order valence-corrected chi connectivity index (χ4v) is 2.17. The van der Waals surface area contributed by atoms with Crippen molar-refractivity contribution >= 4 is 33.8 Å². The molecule has 0 atom stereocenters. The summed E-state index contributed by atoms with van der Waals surface area (Å²) >= 11 is 5.30. The van der Waals surface area contributed by atoms with Crippen LogP contribution in [0.3, 0.4) is 0 Å². The molecule has 0 aliphatic heterocycles. The van der Waals surface area contributed by atoms with E-state index in [1.165, 1.54) is 5.39 Å². The Morgan fingerprint density at radius 3 is 2.58 bits per heavy atom. The second kappa shape index (κ2) is 5.29. The zero-order valence-corrected chi connectivity index (χ0v) is 11.8. The molecule has 0 saturated carbocycles. The number of terminal acetylenes is 1. The van der Waals surface area contributed by atoms with Crippen molar-refractivity contribution in [3.63, 3.8) is 0 Å². The van der Waals surface area contributed by atoms with Gasteiger partial charge in [0.1, 0.15) is 0 Å². The van der Waals surface area contributed by atoms with Crippen LogP contribution in [-0.2, 0) is 0 Å². The van der Waals surface area contributed by atoms with E-state index in [4.69, 9.17) is 18.6 Å². The van der Waals surface area contributed by atoms with Crippen LogP contribution >= 0.6 is 12.2 Å². The van der Waals surface area contributed by atoms with Crippen molar-refractivity contribution in [2.24, 2.45) is 0 Å². The van der Waals surface area contributed by atoms with Crippen LogP contribution in [-0.4, -0.2) is 10.7 Å². The van der Waals surface area contributed by atoms with Crippen molar-refractivity contribution in [1.82, 2.24) is 5.32 Å². The lowest BCUT2D eigenvalue weighted by Gasteiger charge is -2.22. The monoisotopic (exact) mass is 268 g/mol. The Morgan fingerprint density at radius 2 is 1.84 bits per heavy atom. The zero-order valence-electron chi connectivity index (χ0n) is 11.0. The molecular weight excluding hydrogens is 252 g/mol. The van der Waals surface area contributed by atoms with Crippen LogP contribution in [0.2, 0.25) is 0 Å². The number of hydrogen-bond acceptors (Lipinski definition) is 1. The van der Waals surface area contributed by atoms with Gasteiger partial charge >= 0.3 is 0 Å². The minimum absolute atomic E-state index is 0.464. The van der Waals surface area contributed by atoms with Crippen LogP contribution in [0.1, 0.15) is 13.8 Å². The summed E-state index contributed by atoms with van der Waals surface area (Å²) in [5, 5.41) is 9.14. The first-order valence-corrected chi connectivity index (χ1v) is 6.47. The van der Waals surface area contributed by atoms with Crippen LogP contribution in [0.25, 0.3) is 10.8 Å². The zero-order chi connectivity index (χ0) is 13.9. The van der Waals surface area contributed by atoms with Crippen LogP contribution in [0.4, 0.5) is 5.69 Å². The van der Waals surface area contributed by atoms with Gasteiger partial charge in [0.15, 0.2) is 5.11 Å². The van der Waals surface area contributed by atoms with E-state index in [-0.39, 0.29) is 0 Å². The summed E-state index contributed by atoms with van der Waals surface area (Å²) < 4.78 is 0. The maximum atomic E-state index is 5.44. The summed E-state index contributed by atoms with van der Waals surface area (Å²) in [4.78, 5) is 0. The molecule has 0 aromatic heterocycles. The molecule has 0 saturated heterocycles. The van der Waals surface area contributed by atoms with Gasteiger partial charge < -0.3 is 10.6 Å². The molecule has 0 fully saturated rings. The molecule has 2 aromatic carbocycles. The minimum atomic E-state index is -0.464. The van der Waals surface area contributed by atoms with Gasteiger partial charge in [0.25, 0.3) is 0 Å². The largest absolute Gasteiger partial charge is 0.347 e. The predicted octanol–water partition coefficient (Wildman–Crippen LogP) is 3.54. The summed E-state index contributed by atoms with van der Waals surface area (Å²) in [5.41, 5.74) is 0.512. The summed E-state index contributed by atoms with van der Waals surface area (Å²) in [5.74, 6) is 2.66. The van der Waals surface area contributed by atoms with Gasteiger partial charge in [-0.2, -0.15) is 0 Å².